The van der Waals surface area contributed by atoms with Crippen molar-refractivity contribution in [1.29, 1.82) is 0 Å². The molecule has 28 heavy (non-hydrogen) atoms. The summed E-state index contributed by atoms with van der Waals surface area (Å²) in [5.74, 6) is 0.664. The van der Waals surface area contributed by atoms with Crippen LogP contribution < -0.4 is 4.74 Å². The van der Waals surface area contributed by atoms with E-state index in [-0.39, 0.29) is 17.6 Å². The van der Waals surface area contributed by atoms with Gasteiger partial charge in [0.2, 0.25) is 0 Å². The lowest BCUT2D eigenvalue weighted by Gasteiger charge is -2.33. The minimum absolute atomic E-state index is 0.0259. The molecule has 0 fully saturated rings. The second-order valence-electron chi connectivity index (χ2n) is 8.96. The summed E-state index contributed by atoms with van der Waals surface area (Å²) in [4.78, 5) is 1.65. The fraction of sp³-hybridized carbons (Fsp3) is 0.455. The van der Waals surface area contributed by atoms with Crippen molar-refractivity contribution in [2.24, 2.45) is 5.41 Å². The van der Waals surface area contributed by atoms with E-state index in [1.54, 1.807) is 11.9 Å². The SMILES string of the molecule is COCOc1c(Br)cc(C(C)(C)CC(C)(C)C)cc1-n1nc2ccccc2n1. The first-order valence-electron chi connectivity index (χ1n) is 9.39. The van der Waals surface area contributed by atoms with E-state index in [0.717, 1.165) is 27.6 Å². The van der Waals surface area contributed by atoms with Crippen LogP contribution in [0.1, 0.15) is 46.6 Å². The summed E-state index contributed by atoms with van der Waals surface area (Å²) in [5.41, 5.74) is 3.86. The summed E-state index contributed by atoms with van der Waals surface area (Å²) in [6, 6.07) is 12.1. The van der Waals surface area contributed by atoms with Gasteiger partial charge in [0.15, 0.2) is 12.5 Å². The quantitative estimate of drug-likeness (QED) is 0.444. The summed E-state index contributed by atoms with van der Waals surface area (Å²) in [5, 5.41) is 9.31. The molecule has 1 aromatic heterocycles. The normalized spacial score (nSPS) is 12.5. The van der Waals surface area contributed by atoms with Crippen LogP contribution in [-0.2, 0) is 10.2 Å². The summed E-state index contributed by atoms with van der Waals surface area (Å²) < 4.78 is 11.8. The lowest BCUT2D eigenvalue weighted by Crippen LogP contribution is -2.25. The van der Waals surface area contributed by atoms with Crippen LogP contribution in [0.15, 0.2) is 40.9 Å². The summed E-state index contributed by atoms with van der Waals surface area (Å²) in [6.07, 6.45) is 1.04. The molecule has 0 saturated heterocycles. The standard InChI is InChI=1S/C22H28BrN3O2/c1-21(2,3)13-22(4,5)15-11-16(23)20(28-14-27-6)19(12-15)26-24-17-9-7-8-10-18(17)25-26/h7-12H,13-14H2,1-6H3. The van der Waals surface area contributed by atoms with Gasteiger partial charge in [-0.25, -0.2) is 0 Å². The van der Waals surface area contributed by atoms with Crippen molar-refractivity contribution < 1.29 is 9.47 Å². The number of ether oxygens (including phenoxy) is 2. The minimum atomic E-state index is -0.0259. The van der Waals surface area contributed by atoms with Crippen molar-refractivity contribution in [3.8, 4) is 11.4 Å². The van der Waals surface area contributed by atoms with Crippen molar-refractivity contribution in [2.75, 3.05) is 13.9 Å². The van der Waals surface area contributed by atoms with Crippen LogP contribution in [0.4, 0.5) is 0 Å². The van der Waals surface area contributed by atoms with Gasteiger partial charge >= 0.3 is 0 Å². The van der Waals surface area contributed by atoms with E-state index in [1.807, 2.05) is 24.3 Å². The first-order chi connectivity index (χ1) is 13.1. The van der Waals surface area contributed by atoms with E-state index >= 15 is 0 Å². The van der Waals surface area contributed by atoms with Crippen LogP contribution in [0.3, 0.4) is 0 Å². The molecule has 1 heterocycles. The molecule has 150 valence electrons. The smallest absolute Gasteiger partial charge is 0.188 e. The number of benzene rings is 2. The zero-order valence-electron chi connectivity index (χ0n) is 17.4. The molecule has 0 unspecified atom stereocenters. The van der Waals surface area contributed by atoms with Crippen molar-refractivity contribution in [3.05, 3.63) is 46.4 Å². The van der Waals surface area contributed by atoms with Crippen LogP contribution in [0.5, 0.6) is 5.75 Å². The first-order valence-corrected chi connectivity index (χ1v) is 10.2. The Balaban J connectivity index is 2.15. The molecule has 3 rings (SSSR count). The monoisotopic (exact) mass is 445 g/mol. The lowest BCUT2D eigenvalue weighted by molar-refractivity contribution is 0.0503. The third-order valence-corrected chi connectivity index (χ3v) is 5.19. The summed E-state index contributed by atoms with van der Waals surface area (Å²) >= 11 is 3.69. The number of halogens is 1. The Labute approximate surface area is 175 Å². The number of aromatic nitrogens is 3. The molecule has 0 aliphatic heterocycles. The highest BCUT2D eigenvalue weighted by Gasteiger charge is 2.29. The van der Waals surface area contributed by atoms with Gasteiger partial charge in [0.25, 0.3) is 0 Å². The highest BCUT2D eigenvalue weighted by atomic mass is 79.9. The largest absolute Gasteiger partial charge is 0.464 e. The highest BCUT2D eigenvalue weighted by Crippen LogP contribution is 2.41. The van der Waals surface area contributed by atoms with E-state index in [9.17, 15) is 0 Å². The molecule has 0 spiro atoms. The second-order valence-corrected chi connectivity index (χ2v) is 9.81. The Kier molecular flexibility index (Phi) is 5.82. The second kappa shape index (κ2) is 7.84. The highest BCUT2D eigenvalue weighted by molar-refractivity contribution is 9.10. The molecule has 0 N–H and O–H groups in total. The van der Waals surface area contributed by atoms with Gasteiger partial charge in [-0.1, -0.05) is 46.8 Å². The molecular formula is C22H28BrN3O2. The van der Waals surface area contributed by atoms with Gasteiger partial charge in [0.05, 0.1) is 4.47 Å². The number of hydrogen-bond donors (Lipinski definition) is 0. The van der Waals surface area contributed by atoms with Gasteiger partial charge in [-0.3, -0.25) is 0 Å². The summed E-state index contributed by atoms with van der Waals surface area (Å²) in [7, 11) is 1.61. The molecule has 0 saturated carbocycles. The van der Waals surface area contributed by atoms with Crippen LogP contribution in [0.2, 0.25) is 0 Å². The third-order valence-electron chi connectivity index (χ3n) is 4.60. The molecule has 6 heteroatoms. The topological polar surface area (TPSA) is 49.2 Å². The molecule has 0 amide bonds. The molecule has 0 aliphatic rings. The Bertz CT molecular complexity index is 941. The first kappa shape index (κ1) is 20.8. The number of nitrogens with zero attached hydrogens (tertiary/aromatic N) is 3. The van der Waals surface area contributed by atoms with Gasteiger partial charge in [0, 0.05) is 7.11 Å². The van der Waals surface area contributed by atoms with Gasteiger partial charge in [-0.15, -0.1) is 15.0 Å². The van der Waals surface area contributed by atoms with E-state index in [1.165, 1.54) is 5.56 Å². The molecule has 0 atom stereocenters. The predicted molar refractivity (Wildman–Crippen MR) is 116 cm³/mol. The van der Waals surface area contributed by atoms with Gasteiger partial charge in [0.1, 0.15) is 16.7 Å². The lowest BCUT2D eigenvalue weighted by atomic mass is 9.72. The van der Waals surface area contributed by atoms with E-state index in [4.69, 9.17) is 9.47 Å². The minimum Gasteiger partial charge on any atom is -0.464 e. The van der Waals surface area contributed by atoms with Crippen molar-refractivity contribution in [3.63, 3.8) is 0 Å². The Morgan fingerprint density at radius 3 is 2.14 bits per heavy atom. The van der Waals surface area contributed by atoms with Crippen LogP contribution in [-0.4, -0.2) is 28.9 Å². The fourth-order valence-corrected chi connectivity index (χ4v) is 4.34. The average Bonchev–Trinajstić information content (AvgIpc) is 3.02. The van der Waals surface area contributed by atoms with E-state index in [0.29, 0.717) is 5.75 Å². The average molecular weight is 446 g/mol. The van der Waals surface area contributed by atoms with Gasteiger partial charge in [-0.05, 0) is 63.0 Å². The van der Waals surface area contributed by atoms with Gasteiger partial charge < -0.3 is 9.47 Å². The maximum Gasteiger partial charge on any atom is 0.188 e. The Morgan fingerprint density at radius 1 is 1.00 bits per heavy atom. The number of rotatable bonds is 6. The maximum atomic E-state index is 5.87. The molecule has 0 bridgehead atoms. The molecule has 0 aliphatic carbocycles. The zero-order valence-corrected chi connectivity index (χ0v) is 19.0. The van der Waals surface area contributed by atoms with Crippen LogP contribution in [0.25, 0.3) is 16.7 Å². The third kappa shape index (κ3) is 4.55. The predicted octanol–water partition coefficient (Wildman–Crippen LogP) is 5.88. The number of hydrogen-bond acceptors (Lipinski definition) is 4. The van der Waals surface area contributed by atoms with Crippen LogP contribution in [0, 0.1) is 5.41 Å². The Morgan fingerprint density at radius 2 is 1.61 bits per heavy atom. The molecule has 5 nitrogen and oxygen atoms in total. The fourth-order valence-electron chi connectivity index (χ4n) is 3.77. The molecule has 3 aromatic rings. The summed E-state index contributed by atoms with van der Waals surface area (Å²) in [6.45, 7) is 11.5. The van der Waals surface area contributed by atoms with Crippen LogP contribution >= 0.6 is 15.9 Å². The molecule has 2 aromatic carbocycles. The molecule has 0 radical (unpaired) electrons. The number of methoxy groups -OCH3 is 1. The Hall–Kier alpha value is -1.92. The number of fused-ring (bicyclic) bond motifs is 1. The van der Waals surface area contributed by atoms with E-state index in [2.05, 4.69) is 72.9 Å². The molecular weight excluding hydrogens is 418 g/mol. The zero-order chi connectivity index (χ0) is 20.5. The van der Waals surface area contributed by atoms with Crippen molar-refractivity contribution >= 4 is 27.0 Å². The van der Waals surface area contributed by atoms with E-state index < -0.39 is 0 Å². The van der Waals surface area contributed by atoms with Crippen molar-refractivity contribution in [1.82, 2.24) is 15.0 Å². The van der Waals surface area contributed by atoms with Crippen molar-refractivity contribution in [2.45, 2.75) is 46.5 Å². The van der Waals surface area contributed by atoms with Gasteiger partial charge in [-0.2, -0.15) is 0 Å². The maximum absolute atomic E-state index is 5.87.